The molecule has 0 spiro atoms. The maximum Gasteiger partial charge on any atom is 0.120 e. The summed E-state index contributed by atoms with van der Waals surface area (Å²) in [6.45, 7) is 2.14. The molecule has 1 atom stereocenters. The minimum atomic E-state index is 0.606. The number of nitrogens with zero attached hydrogens (tertiary/aromatic N) is 3. The van der Waals surface area contributed by atoms with Crippen LogP contribution in [0.3, 0.4) is 0 Å². The second kappa shape index (κ2) is 3.85. The van der Waals surface area contributed by atoms with Gasteiger partial charge in [0.25, 0.3) is 0 Å². The molecule has 1 aromatic rings. The molecule has 14 heavy (non-hydrogen) atoms. The fourth-order valence-electron chi connectivity index (χ4n) is 2.11. The Labute approximate surface area is 84.6 Å². The predicted molar refractivity (Wildman–Crippen MR) is 54.8 cm³/mol. The molecule has 2 heterocycles. The first-order chi connectivity index (χ1) is 6.81. The Balaban J connectivity index is 2.07. The first-order valence-electron chi connectivity index (χ1n) is 5.07. The van der Waals surface area contributed by atoms with E-state index >= 15 is 0 Å². The highest BCUT2D eigenvalue weighted by Gasteiger charge is 2.21. The first kappa shape index (κ1) is 9.29. The molecule has 0 amide bonds. The molecule has 0 aliphatic carbocycles. The molecule has 1 saturated heterocycles. The summed E-state index contributed by atoms with van der Waals surface area (Å²) in [6, 6.07) is 6.62. The highest BCUT2D eigenvalue weighted by atomic mass is 15.2. The summed E-state index contributed by atoms with van der Waals surface area (Å²) in [7, 11) is 2.16. The third-order valence-corrected chi connectivity index (χ3v) is 3.02. The lowest BCUT2D eigenvalue weighted by Gasteiger charge is -2.20. The molecule has 0 aromatic carbocycles. The minimum Gasteiger partial charge on any atom is -0.338 e. The van der Waals surface area contributed by atoms with Gasteiger partial charge < -0.3 is 9.47 Å². The van der Waals surface area contributed by atoms with E-state index < -0.39 is 0 Å². The fraction of sp³-hybridized carbons (Fsp3) is 0.545. The third kappa shape index (κ3) is 1.66. The van der Waals surface area contributed by atoms with Crippen LogP contribution >= 0.6 is 0 Å². The summed E-state index contributed by atoms with van der Waals surface area (Å²) >= 11 is 0. The van der Waals surface area contributed by atoms with Gasteiger partial charge in [0.05, 0.1) is 0 Å². The number of nitriles is 1. The van der Waals surface area contributed by atoms with Gasteiger partial charge in [-0.25, -0.2) is 0 Å². The van der Waals surface area contributed by atoms with Crippen molar-refractivity contribution in [3.8, 4) is 6.07 Å². The van der Waals surface area contributed by atoms with Crippen LogP contribution in [0.15, 0.2) is 18.3 Å². The lowest BCUT2D eigenvalue weighted by molar-refractivity contribution is 0.282. The van der Waals surface area contributed by atoms with Gasteiger partial charge in [-0.3, -0.25) is 0 Å². The van der Waals surface area contributed by atoms with Crippen molar-refractivity contribution in [1.29, 1.82) is 5.26 Å². The topological polar surface area (TPSA) is 32.0 Å². The smallest absolute Gasteiger partial charge is 0.120 e. The van der Waals surface area contributed by atoms with Crippen LogP contribution in [0.1, 0.15) is 18.5 Å². The van der Waals surface area contributed by atoms with E-state index in [1.807, 2.05) is 22.9 Å². The van der Waals surface area contributed by atoms with Crippen molar-refractivity contribution in [3.05, 3.63) is 24.0 Å². The molecule has 1 fully saturated rings. The molecule has 0 N–H and O–H groups in total. The molecule has 1 aliphatic rings. The number of likely N-dealkylation sites (tertiary alicyclic amines) is 1. The Morgan fingerprint density at radius 2 is 2.50 bits per heavy atom. The highest BCUT2D eigenvalue weighted by molar-refractivity contribution is 5.22. The van der Waals surface area contributed by atoms with Crippen molar-refractivity contribution in [2.75, 3.05) is 13.6 Å². The van der Waals surface area contributed by atoms with Crippen molar-refractivity contribution in [3.63, 3.8) is 0 Å². The van der Waals surface area contributed by atoms with Crippen molar-refractivity contribution < 1.29 is 0 Å². The molecule has 0 saturated carbocycles. The second-order valence-electron chi connectivity index (χ2n) is 3.93. The molecule has 1 unspecified atom stereocenters. The Kier molecular flexibility index (Phi) is 2.55. The third-order valence-electron chi connectivity index (χ3n) is 3.02. The van der Waals surface area contributed by atoms with Crippen molar-refractivity contribution in [2.24, 2.45) is 0 Å². The van der Waals surface area contributed by atoms with E-state index in [9.17, 15) is 0 Å². The van der Waals surface area contributed by atoms with Crippen molar-refractivity contribution in [1.82, 2.24) is 9.47 Å². The van der Waals surface area contributed by atoms with E-state index in [0.29, 0.717) is 6.04 Å². The van der Waals surface area contributed by atoms with Crippen LogP contribution < -0.4 is 0 Å². The summed E-state index contributed by atoms with van der Waals surface area (Å²) in [5.41, 5.74) is 0.769. The van der Waals surface area contributed by atoms with Crippen LogP contribution in [-0.2, 0) is 6.54 Å². The van der Waals surface area contributed by atoms with Crippen LogP contribution in [0.4, 0.5) is 0 Å². The van der Waals surface area contributed by atoms with Crippen LogP contribution in [-0.4, -0.2) is 29.1 Å². The van der Waals surface area contributed by atoms with E-state index in [2.05, 4.69) is 18.0 Å². The lowest BCUT2D eigenvalue weighted by atomic mass is 10.2. The molecule has 2 rings (SSSR count). The largest absolute Gasteiger partial charge is 0.338 e. The van der Waals surface area contributed by atoms with Gasteiger partial charge in [-0.1, -0.05) is 0 Å². The van der Waals surface area contributed by atoms with E-state index in [1.165, 1.54) is 19.4 Å². The Bertz CT molecular complexity index is 348. The average molecular weight is 189 g/mol. The Morgan fingerprint density at radius 1 is 1.64 bits per heavy atom. The lowest BCUT2D eigenvalue weighted by Crippen LogP contribution is -2.29. The standard InChI is InChI=1S/C11H15N3/c1-13-6-2-5-11(13)9-14-7-3-4-10(14)8-12/h3-4,7,11H,2,5-6,9H2,1H3. The number of hydrogen-bond acceptors (Lipinski definition) is 2. The van der Waals surface area contributed by atoms with E-state index in [4.69, 9.17) is 5.26 Å². The van der Waals surface area contributed by atoms with Gasteiger partial charge in [0, 0.05) is 18.8 Å². The van der Waals surface area contributed by atoms with Crippen LogP contribution in [0.5, 0.6) is 0 Å². The summed E-state index contributed by atoms with van der Waals surface area (Å²) in [5.74, 6) is 0. The van der Waals surface area contributed by atoms with Gasteiger partial charge in [0.1, 0.15) is 11.8 Å². The monoisotopic (exact) mass is 189 g/mol. The van der Waals surface area contributed by atoms with Gasteiger partial charge in [-0.15, -0.1) is 0 Å². The SMILES string of the molecule is CN1CCCC1Cn1cccc1C#N. The zero-order chi connectivity index (χ0) is 9.97. The summed E-state index contributed by atoms with van der Waals surface area (Å²) in [4.78, 5) is 2.38. The molecule has 0 radical (unpaired) electrons. The summed E-state index contributed by atoms with van der Waals surface area (Å²) in [5, 5.41) is 8.86. The van der Waals surface area contributed by atoms with Gasteiger partial charge in [0.2, 0.25) is 0 Å². The van der Waals surface area contributed by atoms with E-state index in [1.54, 1.807) is 0 Å². The van der Waals surface area contributed by atoms with Gasteiger partial charge in [-0.05, 0) is 38.6 Å². The number of rotatable bonds is 2. The number of hydrogen-bond donors (Lipinski definition) is 0. The quantitative estimate of drug-likeness (QED) is 0.705. The molecule has 1 aromatic heterocycles. The normalized spacial score (nSPS) is 22.4. The molecular weight excluding hydrogens is 174 g/mol. The first-order valence-corrected chi connectivity index (χ1v) is 5.07. The van der Waals surface area contributed by atoms with Crippen LogP contribution in [0.2, 0.25) is 0 Å². The fourth-order valence-corrected chi connectivity index (χ4v) is 2.11. The zero-order valence-electron chi connectivity index (χ0n) is 8.48. The molecule has 3 heteroatoms. The van der Waals surface area contributed by atoms with Gasteiger partial charge in [-0.2, -0.15) is 5.26 Å². The van der Waals surface area contributed by atoms with Gasteiger partial charge in [0.15, 0.2) is 0 Å². The van der Waals surface area contributed by atoms with E-state index in [-0.39, 0.29) is 0 Å². The van der Waals surface area contributed by atoms with Gasteiger partial charge >= 0.3 is 0 Å². The minimum absolute atomic E-state index is 0.606. The second-order valence-corrected chi connectivity index (χ2v) is 3.93. The Morgan fingerprint density at radius 3 is 3.14 bits per heavy atom. The van der Waals surface area contributed by atoms with Crippen LogP contribution in [0.25, 0.3) is 0 Å². The predicted octanol–water partition coefficient (Wildman–Crippen LogP) is 1.45. The van der Waals surface area contributed by atoms with Crippen LogP contribution in [0, 0.1) is 11.3 Å². The zero-order valence-corrected chi connectivity index (χ0v) is 8.48. The van der Waals surface area contributed by atoms with E-state index in [0.717, 1.165) is 12.2 Å². The molecule has 74 valence electrons. The molecule has 3 nitrogen and oxygen atoms in total. The summed E-state index contributed by atoms with van der Waals surface area (Å²) < 4.78 is 2.05. The highest BCUT2D eigenvalue weighted by Crippen LogP contribution is 2.17. The molecule has 0 bridgehead atoms. The number of aromatic nitrogens is 1. The summed E-state index contributed by atoms with van der Waals surface area (Å²) in [6.07, 6.45) is 4.52. The number of likely N-dealkylation sites (N-methyl/N-ethyl adjacent to an activating group) is 1. The maximum absolute atomic E-state index is 8.86. The Hall–Kier alpha value is -1.27. The van der Waals surface area contributed by atoms with Crippen molar-refractivity contribution >= 4 is 0 Å². The molecular formula is C11H15N3. The average Bonchev–Trinajstić information content (AvgIpc) is 2.77. The van der Waals surface area contributed by atoms with Crippen molar-refractivity contribution in [2.45, 2.75) is 25.4 Å². The molecule has 1 aliphatic heterocycles. The maximum atomic E-state index is 8.86.